The lowest BCUT2D eigenvalue weighted by Crippen LogP contribution is -2.33. The topological polar surface area (TPSA) is 78.8 Å². The number of aryl methyl sites for hydroxylation is 1. The monoisotopic (exact) mass is 305 g/mol. The molecule has 0 bridgehead atoms. The van der Waals surface area contributed by atoms with Gasteiger partial charge in [0.2, 0.25) is 0 Å². The zero-order valence-corrected chi connectivity index (χ0v) is 13.6. The fraction of sp³-hybridized carbons (Fsp3) is 0.438. The highest BCUT2D eigenvalue weighted by Gasteiger charge is 2.16. The Morgan fingerprint density at radius 2 is 1.91 bits per heavy atom. The number of alkyl carbamates (subject to hydrolysis) is 1. The minimum atomic E-state index is -1.46. The van der Waals surface area contributed by atoms with E-state index < -0.39 is 18.8 Å². The molecule has 0 saturated heterocycles. The van der Waals surface area contributed by atoms with Crippen molar-refractivity contribution in [2.24, 2.45) is 0 Å². The quantitative estimate of drug-likeness (QED) is 0.572. The molecule has 22 heavy (non-hydrogen) atoms. The van der Waals surface area contributed by atoms with E-state index in [-0.39, 0.29) is 0 Å². The van der Waals surface area contributed by atoms with E-state index >= 15 is 0 Å². The first-order valence-electron chi connectivity index (χ1n) is 6.95. The molecule has 0 aliphatic carbocycles. The normalized spacial score (nSPS) is 10.2. The molecule has 120 valence electrons. The molecule has 1 aromatic rings. The zero-order chi connectivity index (χ0) is 17.3. The highest BCUT2D eigenvalue weighted by Crippen LogP contribution is 2.08. The van der Waals surface area contributed by atoms with E-state index in [4.69, 9.17) is 14.8 Å². The van der Waals surface area contributed by atoms with Gasteiger partial charge in [-0.25, -0.2) is 4.79 Å². The second-order valence-corrected chi connectivity index (χ2v) is 5.74. The minimum absolute atomic E-state index is 0.433. The van der Waals surface area contributed by atoms with Gasteiger partial charge in [-0.1, -0.05) is 18.2 Å². The number of nitrogens with one attached hydrogen (secondary N) is 1. The number of hydrogen-bond donors (Lipinski definition) is 3. The van der Waals surface area contributed by atoms with Crippen LogP contribution in [0.4, 0.5) is 4.79 Å². The SMILES string of the molecule is C#C.Cc1cc(B(O)O)ccc1CCNC(=O)OC(C)(C)C. The summed E-state index contributed by atoms with van der Waals surface area (Å²) in [6.45, 7) is 7.81. The van der Waals surface area contributed by atoms with Gasteiger partial charge in [0.05, 0.1) is 0 Å². The van der Waals surface area contributed by atoms with Gasteiger partial charge in [0.1, 0.15) is 5.60 Å². The van der Waals surface area contributed by atoms with Crippen LogP contribution in [0, 0.1) is 19.8 Å². The Kier molecular flexibility index (Phi) is 8.32. The molecule has 1 amide bonds. The van der Waals surface area contributed by atoms with Crippen molar-refractivity contribution in [3.63, 3.8) is 0 Å². The van der Waals surface area contributed by atoms with Crippen LogP contribution >= 0.6 is 0 Å². The fourth-order valence-electron chi connectivity index (χ4n) is 1.77. The average Bonchev–Trinajstić information content (AvgIpc) is 2.40. The van der Waals surface area contributed by atoms with Gasteiger partial charge in [0, 0.05) is 6.54 Å². The van der Waals surface area contributed by atoms with Crippen molar-refractivity contribution in [3.8, 4) is 12.8 Å². The van der Waals surface area contributed by atoms with E-state index in [9.17, 15) is 4.79 Å². The van der Waals surface area contributed by atoms with Gasteiger partial charge in [-0.2, -0.15) is 0 Å². The van der Waals surface area contributed by atoms with Crippen molar-refractivity contribution < 1.29 is 19.6 Å². The van der Waals surface area contributed by atoms with Crippen LogP contribution in [-0.2, 0) is 11.2 Å². The largest absolute Gasteiger partial charge is 0.488 e. The first-order chi connectivity index (χ1) is 10.2. The standard InChI is InChI=1S/C14H22BNO4.C2H2/c1-10-9-12(15(18)19)6-5-11(10)7-8-16-13(17)20-14(2,3)4;1-2/h5-6,9,18-19H,7-8H2,1-4H3,(H,16,17);1-2H. The Balaban J connectivity index is 0.00000211. The highest BCUT2D eigenvalue weighted by atomic mass is 16.6. The molecule has 5 nitrogen and oxygen atoms in total. The van der Waals surface area contributed by atoms with Crippen molar-refractivity contribution in [1.82, 2.24) is 5.32 Å². The van der Waals surface area contributed by atoms with Crippen molar-refractivity contribution in [2.45, 2.75) is 39.7 Å². The maximum Gasteiger partial charge on any atom is 0.488 e. The van der Waals surface area contributed by atoms with Gasteiger partial charge in [0.15, 0.2) is 0 Å². The van der Waals surface area contributed by atoms with E-state index in [1.165, 1.54) is 0 Å². The van der Waals surface area contributed by atoms with Crippen LogP contribution in [-0.4, -0.2) is 35.4 Å². The van der Waals surface area contributed by atoms with Crippen LogP contribution in [0.2, 0.25) is 0 Å². The predicted octanol–water partition coefficient (Wildman–Crippen LogP) is 0.991. The predicted molar refractivity (Wildman–Crippen MR) is 88.8 cm³/mol. The lowest BCUT2D eigenvalue weighted by atomic mass is 9.79. The molecule has 1 aromatic carbocycles. The van der Waals surface area contributed by atoms with E-state index in [0.29, 0.717) is 18.4 Å². The van der Waals surface area contributed by atoms with Crippen LogP contribution < -0.4 is 10.8 Å². The molecule has 0 fully saturated rings. The number of ether oxygens (including phenoxy) is 1. The van der Waals surface area contributed by atoms with Crippen LogP contribution in [0.5, 0.6) is 0 Å². The van der Waals surface area contributed by atoms with E-state index in [1.54, 1.807) is 12.1 Å². The third-order valence-corrected chi connectivity index (χ3v) is 2.73. The molecule has 0 spiro atoms. The van der Waals surface area contributed by atoms with Crippen LogP contribution in [0.25, 0.3) is 0 Å². The summed E-state index contributed by atoms with van der Waals surface area (Å²) in [5.74, 6) is 0. The summed E-state index contributed by atoms with van der Waals surface area (Å²) >= 11 is 0. The van der Waals surface area contributed by atoms with Crippen LogP contribution in [0.15, 0.2) is 18.2 Å². The zero-order valence-electron chi connectivity index (χ0n) is 13.6. The van der Waals surface area contributed by atoms with Gasteiger partial charge in [-0.05, 0) is 50.7 Å². The molecule has 0 heterocycles. The molecule has 0 saturated carbocycles. The maximum atomic E-state index is 11.5. The van der Waals surface area contributed by atoms with Crippen molar-refractivity contribution in [2.75, 3.05) is 6.54 Å². The summed E-state index contributed by atoms with van der Waals surface area (Å²) < 4.78 is 5.14. The molecule has 0 aliphatic heterocycles. The Morgan fingerprint density at radius 1 is 1.32 bits per heavy atom. The highest BCUT2D eigenvalue weighted by molar-refractivity contribution is 6.58. The molecule has 0 aromatic heterocycles. The van der Waals surface area contributed by atoms with Gasteiger partial charge in [0.25, 0.3) is 0 Å². The summed E-state index contributed by atoms with van der Waals surface area (Å²) in [4.78, 5) is 11.5. The van der Waals surface area contributed by atoms with Crippen molar-refractivity contribution >= 4 is 18.7 Å². The molecular formula is C16H24BNO4. The second kappa shape index (κ2) is 9.13. The number of carbonyl (C=O) groups is 1. The second-order valence-electron chi connectivity index (χ2n) is 5.74. The van der Waals surface area contributed by atoms with Crippen LogP contribution in [0.1, 0.15) is 31.9 Å². The first-order valence-corrected chi connectivity index (χ1v) is 6.95. The Bertz CT molecular complexity index is 507. The summed E-state index contributed by atoms with van der Waals surface area (Å²) in [5, 5.41) is 20.8. The first kappa shape index (κ1) is 20.0. The lowest BCUT2D eigenvalue weighted by molar-refractivity contribution is 0.0528. The molecule has 0 unspecified atom stereocenters. The maximum absolute atomic E-state index is 11.5. The van der Waals surface area contributed by atoms with E-state index in [1.807, 2.05) is 33.8 Å². The average molecular weight is 305 g/mol. The summed E-state index contributed by atoms with van der Waals surface area (Å²) in [7, 11) is -1.46. The molecule has 6 heteroatoms. The Labute approximate surface area is 132 Å². The fourth-order valence-corrected chi connectivity index (χ4v) is 1.77. The number of benzene rings is 1. The summed E-state index contributed by atoms with van der Waals surface area (Å²) in [6.07, 6.45) is 8.23. The molecular weight excluding hydrogens is 281 g/mol. The van der Waals surface area contributed by atoms with Gasteiger partial charge >= 0.3 is 13.2 Å². The number of terminal acetylenes is 1. The van der Waals surface area contributed by atoms with E-state index in [2.05, 4.69) is 18.2 Å². The number of carbonyl (C=O) groups excluding carboxylic acids is 1. The minimum Gasteiger partial charge on any atom is -0.444 e. The molecule has 0 aliphatic rings. The smallest absolute Gasteiger partial charge is 0.444 e. The lowest BCUT2D eigenvalue weighted by Gasteiger charge is -2.19. The molecule has 1 rings (SSSR count). The van der Waals surface area contributed by atoms with Crippen molar-refractivity contribution in [1.29, 1.82) is 0 Å². The Morgan fingerprint density at radius 3 is 2.36 bits per heavy atom. The van der Waals surface area contributed by atoms with E-state index in [0.717, 1.165) is 11.1 Å². The third kappa shape index (κ3) is 7.72. The number of amides is 1. The Hall–Kier alpha value is -1.97. The summed E-state index contributed by atoms with van der Waals surface area (Å²) in [5.41, 5.74) is 1.97. The van der Waals surface area contributed by atoms with Crippen molar-refractivity contribution in [3.05, 3.63) is 29.3 Å². The third-order valence-electron chi connectivity index (χ3n) is 2.73. The van der Waals surface area contributed by atoms with Crippen LogP contribution in [0.3, 0.4) is 0 Å². The number of rotatable bonds is 4. The molecule has 0 atom stereocenters. The van der Waals surface area contributed by atoms with Gasteiger partial charge in [-0.15, -0.1) is 12.8 Å². The number of hydrogen-bond acceptors (Lipinski definition) is 4. The molecule has 0 radical (unpaired) electrons. The molecule has 3 N–H and O–H groups in total. The van der Waals surface area contributed by atoms with Gasteiger partial charge < -0.3 is 20.1 Å². The summed E-state index contributed by atoms with van der Waals surface area (Å²) in [6, 6.07) is 5.23. The van der Waals surface area contributed by atoms with Gasteiger partial charge in [-0.3, -0.25) is 0 Å².